The molecule has 1 aliphatic heterocycles. The average Bonchev–Trinajstić information content (AvgIpc) is 2.57. The summed E-state index contributed by atoms with van der Waals surface area (Å²) in [5, 5.41) is 17.6. The van der Waals surface area contributed by atoms with Gasteiger partial charge in [0.25, 0.3) is 0 Å². The standard InChI is InChI=1S/C17H26N2O4/c20-13-4-8-18-9-11-19(12-10-18)15-5-1-2-6-16(15)23-14-3-7-17(21)22/h1-2,5-6,20H,3-4,7-14H2,(H,21,22). The molecule has 1 aromatic carbocycles. The van der Waals surface area contributed by atoms with Gasteiger partial charge in [0.05, 0.1) is 12.3 Å². The number of benzene rings is 1. The number of ether oxygens (including phenoxy) is 1. The molecule has 2 rings (SSSR count). The Labute approximate surface area is 137 Å². The largest absolute Gasteiger partial charge is 0.491 e. The van der Waals surface area contributed by atoms with Gasteiger partial charge in [-0.2, -0.15) is 0 Å². The van der Waals surface area contributed by atoms with Crippen LogP contribution in [0, 0.1) is 0 Å². The minimum absolute atomic E-state index is 0.131. The van der Waals surface area contributed by atoms with Crippen molar-refractivity contribution in [3.8, 4) is 5.75 Å². The number of hydrogen-bond donors (Lipinski definition) is 2. The highest BCUT2D eigenvalue weighted by Crippen LogP contribution is 2.29. The molecule has 0 bridgehead atoms. The predicted molar refractivity (Wildman–Crippen MR) is 89.2 cm³/mol. The maximum Gasteiger partial charge on any atom is 0.303 e. The molecular formula is C17H26N2O4. The van der Waals surface area contributed by atoms with Crippen molar-refractivity contribution in [2.45, 2.75) is 19.3 Å². The van der Waals surface area contributed by atoms with Gasteiger partial charge in [-0.3, -0.25) is 9.69 Å². The Morgan fingerprint density at radius 2 is 1.87 bits per heavy atom. The minimum Gasteiger partial charge on any atom is -0.491 e. The molecule has 0 unspecified atom stereocenters. The second-order valence-corrected chi connectivity index (χ2v) is 5.72. The van der Waals surface area contributed by atoms with Gasteiger partial charge in [0.15, 0.2) is 0 Å². The number of anilines is 1. The van der Waals surface area contributed by atoms with Gasteiger partial charge in [0.2, 0.25) is 0 Å². The molecule has 1 aromatic rings. The number of piperazine rings is 1. The molecule has 6 nitrogen and oxygen atoms in total. The van der Waals surface area contributed by atoms with E-state index in [0.717, 1.165) is 50.6 Å². The second-order valence-electron chi connectivity index (χ2n) is 5.72. The molecule has 0 spiro atoms. The summed E-state index contributed by atoms with van der Waals surface area (Å²) in [4.78, 5) is 15.2. The average molecular weight is 322 g/mol. The lowest BCUT2D eigenvalue weighted by atomic mass is 10.2. The van der Waals surface area contributed by atoms with Gasteiger partial charge in [-0.15, -0.1) is 0 Å². The fraction of sp³-hybridized carbons (Fsp3) is 0.588. The maximum absolute atomic E-state index is 10.5. The summed E-state index contributed by atoms with van der Waals surface area (Å²) in [5.74, 6) is 0.0302. The zero-order valence-corrected chi connectivity index (χ0v) is 13.5. The molecule has 2 N–H and O–H groups in total. The molecule has 0 atom stereocenters. The van der Waals surface area contributed by atoms with E-state index in [-0.39, 0.29) is 13.0 Å². The quantitative estimate of drug-likeness (QED) is 0.670. The van der Waals surface area contributed by atoms with Crippen molar-refractivity contribution < 1.29 is 19.7 Å². The number of rotatable bonds is 9. The third-order valence-electron chi connectivity index (χ3n) is 4.00. The first-order chi connectivity index (χ1) is 11.2. The van der Waals surface area contributed by atoms with Crippen molar-refractivity contribution in [1.29, 1.82) is 0 Å². The Bertz CT molecular complexity index is 487. The molecule has 23 heavy (non-hydrogen) atoms. The van der Waals surface area contributed by atoms with Gasteiger partial charge in [-0.05, 0) is 25.0 Å². The highest BCUT2D eigenvalue weighted by atomic mass is 16.5. The number of aliphatic hydroxyl groups is 1. The number of nitrogens with zero attached hydrogens (tertiary/aromatic N) is 2. The highest BCUT2D eigenvalue weighted by Gasteiger charge is 2.19. The summed E-state index contributed by atoms with van der Waals surface area (Å²) in [6.45, 7) is 5.42. The molecule has 0 aromatic heterocycles. The van der Waals surface area contributed by atoms with Gasteiger partial charge < -0.3 is 19.8 Å². The first-order valence-electron chi connectivity index (χ1n) is 8.22. The molecule has 128 valence electrons. The van der Waals surface area contributed by atoms with Crippen molar-refractivity contribution in [3.05, 3.63) is 24.3 Å². The molecule has 1 heterocycles. The van der Waals surface area contributed by atoms with Crippen LogP contribution in [0.15, 0.2) is 24.3 Å². The van der Waals surface area contributed by atoms with Crippen LogP contribution in [-0.2, 0) is 4.79 Å². The molecule has 0 aliphatic carbocycles. The van der Waals surface area contributed by atoms with E-state index in [2.05, 4.69) is 15.9 Å². The Kier molecular flexibility index (Phi) is 7.16. The van der Waals surface area contributed by atoms with E-state index in [4.69, 9.17) is 14.9 Å². The van der Waals surface area contributed by atoms with E-state index in [1.165, 1.54) is 0 Å². The number of aliphatic hydroxyl groups excluding tert-OH is 1. The third kappa shape index (κ3) is 5.73. The molecular weight excluding hydrogens is 296 g/mol. The van der Waals surface area contributed by atoms with Crippen LogP contribution in [0.1, 0.15) is 19.3 Å². The molecule has 1 saturated heterocycles. The predicted octanol–water partition coefficient (Wildman–Crippen LogP) is 1.43. The summed E-state index contributed by atoms with van der Waals surface area (Å²) in [6, 6.07) is 7.93. The fourth-order valence-electron chi connectivity index (χ4n) is 2.75. The number of carboxylic acid groups (broad SMARTS) is 1. The lowest BCUT2D eigenvalue weighted by Gasteiger charge is -2.36. The normalized spacial score (nSPS) is 15.6. The van der Waals surface area contributed by atoms with Gasteiger partial charge in [0, 0.05) is 45.8 Å². The third-order valence-corrected chi connectivity index (χ3v) is 4.00. The summed E-state index contributed by atoms with van der Waals surface area (Å²) in [5.41, 5.74) is 1.07. The zero-order chi connectivity index (χ0) is 16.5. The zero-order valence-electron chi connectivity index (χ0n) is 13.5. The van der Waals surface area contributed by atoms with Gasteiger partial charge in [-0.25, -0.2) is 0 Å². The Balaban J connectivity index is 1.86. The van der Waals surface area contributed by atoms with Crippen LogP contribution >= 0.6 is 0 Å². The van der Waals surface area contributed by atoms with Crippen LogP contribution in [-0.4, -0.2) is 67.0 Å². The van der Waals surface area contributed by atoms with E-state index in [1.54, 1.807) is 0 Å². The first kappa shape index (κ1) is 17.6. The summed E-state index contributed by atoms with van der Waals surface area (Å²) in [7, 11) is 0. The number of aliphatic carboxylic acids is 1. The second kappa shape index (κ2) is 9.37. The molecule has 1 aliphatic rings. The molecule has 0 amide bonds. The monoisotopic (exact) mass is 322 g/mol. The van der Waals surface area contributed by atoms with Crippen molar-refractivity contribution in [2.24, 2.45) is 0 Å². The Hall–Kier alpha value is -1.79. The smallest absolute Gasteiger partial charge is 0.303 e. The van der Waals surface area contributed by atoms with Gasteiger partial charge in [0.1, 0.15) is 5.75 Å². The number of carbonyl (C=O) groups is 1. The van der Waals surface area contributed by atoms with Crippen molar-refractivity contribution in [3.63, 3.8) is 0 Å². The Morgan fingerprint density at radius 1 is 1.13 bits per heavy atom. The van der Waals surface area contributed by atoms with Crippen LogP contribution in [0.4, 0.5) is 5.69 Å². The highest BCUT2D eigenvalue weighted by molar-refractivity contribution is 5.66. The summed E-state index contributed by atoms with van der Waals surface area (Å²) in [6.07, 6.45) is 1.47. The van der Waals surface area contributed by atoms with Crippen LogP contribution in [0.5, 0.6) is 5.75 Å². The van der Waals surface area contributed by atoms with Crippen LogP contribution in [0.2, 0.25) is 0 Å². The van der Waals surface area contributed by atoms with Crippen molar-refractivity contribution in [1.82, 2.24) is 4.90 Å². The van der Waals surface area contributed by atoms with Gasteiger partial charge >= 0.3 is 5.97 Å². The van der Waals surface area contributed by atoms with Gasteiger partial charge in [-0.1, -0.05) is 12.1 Å². The molecule has 1 fully saturated rings. The lowest BCUT2D eigenvalue weighted by Crippen LogP contribution is -2.46. The van der Waals surface area contributed by atoms with E-state index < -0.39 is 5.97 Å². The number of hydrogen-bond acceptors (Lipinski definition) is 5. The van der Waals surface area contributed by atoms with Crippen molar-refractivity contribution >= 4 is 11.7 Å². The summed E-state index contributed by atoms with van der Waals surface area (Å²) >= 11 is 0. The Morgan fingerprint density at radius 3 is 2.57 bits per heavy atom. The van der Waals surface area contributed by atoms with Crippen LogP contribution < -0.4 is 9.64 Å². The first-order valence-corrected chi connectivity index (χ1v) is 8.22. The van der Waals surface area contributed by atoms with E-state index in [0.29, 0.717) is 13.0 Å². The molecule has 6 heteroatoms. The van der Waals surface area contributed by atoms with Crippen LogP contribution in [0.3, 0.4) is 0 Å². The number of para-hydroxylation sites is 2. The number of carboxylic acids is 1. The minimum atomic E-state index is -0.791. The van der Waals surface area contributed by atoms with E-state index in [1.807, 2.05) is 18.2 Å². The molecule has 0 radical (unpaired) electrons. The fourth-order valence-corrected chi connectivity index (χ4v) is 2.75. The van der Waals surface area contributed by atoms with Crippen molar-refractivity contribution in [2.75, 3.05) is 50.8 Å². The van der Waals surface area contributed by atoms with E-state index >= 15 is 0 Å². The summed E-state index contributed by atoms with van der Waals surface area (Å²) < 4.78 is 5.78. The van der Waals surface area contributed by atoms with E-state index in [9.17, 15) is 4.79 Å². The maximum atomic E-state index is 10.5. The SMILES string of the molecule is O=C(O)CCCOc1ccccc1N1CCN(CCCO)CC1. The topological polar surface area (TPSA) is 73.2 Å². The lowest BCUT2D eigenvalue weighted by molar-refractivity contribution is -0.137. The molecule has 0 saturated carbocycles. The van der Waals surface area contributed by atoms with Crippen LogP contribution in [0.25, 0.3) is 0 Å².